The van der Waals surface area contributed by atoms with Crippen molar-refractivity contribution in [2.45, 2.75) is 6.42 Å². The first-order chi connectivity index (χ1) is 13.1. The van der Waals surface area contributed by atoms with Crippen LogP contribution in [0.5, 0.6) is 23.0 Å². The van der Waals surface area contributed by atoms with Gasteiger partial charge in [-0.25, -0.2) is 0 Å². The summed E-state index contributed by atoms with van der Waals surface area (Å²) in [6.45, 7) is 0.668. The molecule has 6 heteroatoms. The fourth-order valence-corrected chi connectivity index (χ4v) is 3.11. The molecule has 2 aromatic rings. The number of ether oxygens (including phenoxy) is 4. The van der Waals surface area contributed by atoms with Gasteiger partial charge in [0, 0.05) is 12.1 Å². The number of methoxy groups -OCH3 is 4. The van der Waals surface area contributed by atoms with Crippen molar-refractivity contribution in [3.8, 4) is 23.0 Å². The Morgan fingerprint density at radius 2 is 1.63 bits per heavy atom. The summed E-state index contributed by atoms with van der Waals surface area (Å²) in [6.07, 6.45) is 2.68. The Labute approximate surface area is 158 Å². The molecule has 2 aromatic carbocycles. The molecule has 0 amide bonds. The molecule has 1 N–H and O–H groups in total. The number of benzene rings is 2. The van der Waals surface area contributed by atoms with Crippen molar-refractivity contribution in [2.75, 3.05) is 35.0 Å². The van der Waals surface area contributed by atoms with Crippen LogP contribution in [0.15, 0.2) is 36.0 Å². The minimum atomic E-state index is -0.148. The third-order valence-electron chi connectivity index (χ3n) is 4.53. The fourth-order valence-electron chi connectivity index (χ4n) is 3.11. The number of allylic oxidation sites excluding steroid dienone is 1. The van der Waals surface area contributed by atoms with E-state index in [1.165, 1.54) is 21.3 Å². The molecule has 0 radical (unpaired) electrons. The average molecular weight is 369 g/mol. The zero-order valence-electron chi connectivity index (χ0n) is 15.9. The lowest BCUT2D eigenvalue weighted by molar-refractivity contribution is 0.102. The van der Waals surface area contributed by atoms with Crippen LogP contribution in [0.3, 0.4) is 0 Å². The van der Waals surface area contributed by atoms with Crippen molar-refractivity contribution in [3.63, 3.8) is 0 Å². The molecule has 0 aliphatic carbocycles. The van der Waals surface area contributed by atoms with E-state index >= 15 is 0 Å². The van der Waals surface area contributed by atoms with Gasteiger partial charge in [-0.1, -0.05) is 6.07 Å². The maximum absolute atomic E-state index is 13.1. The van der Waals surface area contributed by atoms with Crippen LogP contribution >= 0.6 is 0 Å². The predicted octanol–water partition coefficient (Wildman–Crippen LogP) is 3.09. The highest BCUT2D eigenvalue weighted by Gasteiger charge is 2.21. The summed E-state index contributed by atoms with van der Waals surface area (Å²) in [5, 5.41) is 3.23. The van der Waals surface area contributed by atoms with Gasteiger partial charge in [0.15, 0.2) is 11.5 Å². The minimum absolute atomic E-state index is 0.148. The number of fused-ring (bicyclic) bond motifs is 1. The van der Waals surface area contributed by atoms with Gasteiger partial charge in [-0.3, -0.25) is 4.79 Å². The topological polar surface area (TPSA) is 66.0 Å². The van der Waals surface area contributed by atoms with Crippen LogP contribution in [0.4, 0.5) is 0 Å². The Morgan fingerprint density at radius 3 is 2.22 bits per heavy atom. The standard InChI is InChI=1S/C21H23NO5/c1-24-16-6-5-13-7-8-22-17(10-14(13)9-16)20(23)15-11-18(25-2)21(27-4)19(12-15)26-3/h5-6,9-12,22H,7-8H2,1-4H3. The van der Waals surface area contributed by atoms with Crippen LogP contribution in [0.1, 0.15) is 21.5 Å². The predicted molar refractivity (Wildman–Crippen MR) is 103 cm³/mol. The summed E-state index contributed by atoms with van der Waals surface area (Å²) in [5.41, 5.74) is 3.09. The monoisotopic (exact) mass is 369 g/mol. The quantitative estimate of drug-likeness (QED) is 0.790. The number of hydrogen-bond acceptors (Lipinski definition) is 6. The van der Waals surface area contributed by atoms with Gasteiger partial charge in [0.1, 0.15) is 5.75 Å². The van der Waals surface area contributed by atoms with E-state index in [0.29, 0.717) is 35.1 Å². The van der Waals surface area contributed by atoms with E-state index in [1.807, 2.05) is 24.3 Å². The van der Waals surface area contributed by atoms with Crippen molar-refractivity contribution in [3.05, 3.63) is 52.7 Å². The smallest absolute Gasteiger partial charge is 0.209 e. The van der Waals surface area contributed by atoms with E-state index in [0.717, 1.165) is 23.3 Å². The molecule has 0 fully saturated rings. The van der Waals surface area contributed by atoms with Gasteiger partial charge < -0.3 is 24.3 Å². The highest BCUT2D eigenvalue weighted by atomic mass is 16.5. The number of ketones is 1. The highest BCUT2D eigenvalue weighted by Crippen LogP contribution is 2.38. The van der Waals surface area contributed by atoms with Crippen LogP contribution in [-0.4, -0.2) is 40.8 Å². The molecule has 0 atom stereocenters. The lowest BCUT2D eigenvalue weighted by Gasteiger charge is -2.14. The van der Waals surface area contributed by atoms with E-state index in [2.05, 4.69) is 5.32 Å². The Balaban J connectivity index is 2.03. The van der Waals surface area contributed by atoms with Crippen molar-refractivity contribution in [1.82, 2.24) is 5.32 Å². The molecule has 142 valence electrons. The first kappa shape index (κ1) is 18.6. The Hall–Kier alpha value is -3.15. The van der Waals surface area contributed by atoms with Crippen molar-refractivity contribution in [1.29, 1.82) is 0 Å². The van der Waals surface area contributed by atoms with Gasteiger partial charge in [0.2, 0.25) is 11.5 Å². The summed E-state index contributed by atoms with van der Waals surface area (Å²) < 4.78 is 21.3. The number of rotatable bonds is 6. The largest absolute Gasteiger partial charge is 0.497 e. The zero-order valence-corrected chi connectivity index (χ0v) is 15.9. The van der Waals surface area contributed by atoms with E-state index < -0.39 is 0 Å². The van der Waals surface area contributed by atoms with Crippen LogP contribution < -0.4 is 24.3 Å². The summed E-state index contributed by atoms with van der Waals surface area (Å²) in [5.74, 6) is 1.94. The van der Waals surface area contributed by atoms with Crippen LogP contribution in [0.25, 0.3) is 6.08 Å². The second-order valence-electron chi connectivity index (χ2n) is 6.04. The van der Waals surface area contributed by atoms with Crippen LogP contribution in [0.2, 0.25) is 0 Å². The second-order valence-corrected chi connectivity index (χ2v) is 6.04. The maximum atomic E-state index is 13.1. The molecule has 6 nitrogen and oxygen atoms in total. The summed E-state index contributed by atoms with van der Waals surface area (Å²) in [7, 11) is 6.21. The molecule has 1 aliphatic heterocycles. The molecule has 0 bridgehead atoms. The Bertz CT molecular complexity index is 863. The van der Waals surface area contributed by atoms with Crippen LogP contribution in [0, 0.1) is 0 Å². The normalized spacial score (nSPS) is 12.8. The molecule has 1 aliphatic rings. The summed E-state index contributed by atoms with van der Waals surface area (Å²) >= 11 is 0. The van der Waals surface area contributed by atoms with Gasteiger partial charge in [0.05, 0.1) is 34.1 Å². The molecule has 0 spiro atoms. The molecule has 0 saturated carbocycles. The zero-order chi connectivity index (χ0) is 19.4. The second kappa shape index (κ2) is 8.03. The molecule has 0 saturated heterocycles. The lowest BCUT2D eigenvalue weighted by atomic mass is 10.0. The molecule has 0 unspecified atom stereocenters. The molecule has 1 heterocycles. The van der Waals surface area contributed by atoms with Crippen LogP contribution in [-0.2, 0) is 6.42 Å². The lowest BCUT2D eigenvalue weighted by Crippen LogP contribution is -2.21. The first-order valence-corrected chi connectivity index (χ1v) is 8.58. The number of Topliss-reactive ketones (excluding diaryl/α,β-unsaturated/α-hetero) is 1. The van der Waals surface area contributed by atoms with Gasteiger partial charge in [-0.15, -0.1) is 0 Å². The Kier molecular flexibility index (Phi) is 5.54. The van der Waals surface area contributed by atoms with E-state index in [4.69, 9.17) is 18.9 Å². The molecule has 27 heavy (non-hydrogen) atoms. The molecule has 0 aromatic heterocycles. The first-order valence-electron chi connectivity index (χ1n) is 8.58. The third-order valence-corrected chi connectivity index (χ3v) is 4.53. The van der Waals surface area contributed by atoms with Gasteiger partial charge >= 0.3 is 0 Å². The number of nitrogens with one attached hydrogen (secondary N) is 1. The van der Waals surface area contributed by atoms with Crippen molar-refractivity contribution < 1.29 is 23.7 Å². The Morgan fingerprint density at radius 1 is 0.926 bits per heavy atom. The third kappa shape index (κ3) is 3.69. The van der Waals surface area contributed by atoms with E-state index in [-0.39, 0.29) is 5.78 Å². The number of carbonyl (C=O) groups is 1. The molecular formula is C21H23NO5. The van der Waals surface area contributed by atoms with Gasteiger partial charge in [-0.05, 0) is 47.9 Å². The number of hydrogen-bond donors (Lipinski definition) is 1. The maximum Gasteiger partial charge on any atom is 0.209 e. The average Bonchev–Trinajstić information content (AvgIpc) is 2.93. The van der Waals surface area contributed by atoms with Crippen molar-refractivity contribution in [2.24, 2.45) is 0 Å². The number of carbonyl (C=O) groups excluding carboxylic acids is 1. The summed E-state index contributed by atoms with van der Waals surface area (Å²) in [4.78, 5) is 13.1. The van der Waals surface area contributed by atoms with Crippen molar-refractivity contribution >= 4 is 11.9 Å². The minimum Gasteiger partial charge on any atom is -0.497 e. The summed E-state index contributed by atoms with van der Waals surface area (Å²) in [6, 6.07) is 9.20. The highest BCUT2D eigenvalue weighted by molar-refractivity contribution is 6.11. The SMILES string of the molecule is COc1ccc2c(c1)C=C(C(=O)c1cc(OC)c(OC)c(OC)c1)NCC2. The molecular weight excluding hydrogens is 346 g/mol. The van der Waals surface area contributed by atoms with Gasteiger partial charge in [0.25, 0.3) is 0 Å². The fraction of sp³-hybridized carbons (Fsp3) is 0.286. The molecule has 3 rings (SSSR count). The van der Waals surface area contributed by atoms with Gasteiger partial charge in [-0.2, -0.15) is 0 Å². The van der Waals surface area contributed by atoms with E-state index in [9.17, 15) is 4.79 Å². The van der Waals surface area contributed by atoms with E-state index in [1.54, 1.807) is 19.2 Å².